The average Bonchev–Trinajstić information content (AvgIpc) is 2.29. The maximum absolute atomic E-state index is 11.8. The number of carbonyl (C=O) groups excluding carboxylic acids is 1. The lowest BCUT2D eigenvalue weighted by molar-refractivity contribution is 0.102. The molecule has 0 bridgehead atoms. The summed E-state index contributed by atoms with van der Waals surface area (Å²) in [7, 11) is 0. The van der Waals surface area contributed by atoms with Crippen LogP contribution in [0.3, 0.4) is 0 Å². The van der Waals surface area contributed by atoms with Crippen LogP contribution in [0.5, 0.6) is 0 Å². The number of nitrogens with zero attached hydrogens (tertiary/aromatic N) is 2. The van der Waals surface area contributed by atoms with Gasteiger partial charge in [0.15, 0.2) is 0 Å². The molecule has 1 amide bonds. The van der Waals surface area contributed by atoms with Gasteiger partial charge < -0.3 is 11.1 Å². The molecule has 0 aliphatic heterocycles. The van der Waals surface area contributed by atoms with Crippen LogP contribution in [0.15, 0.2) is 36.5 Å². The van der Waals surface area contributed by atoms with Crippen LogP contribution in [-0.2, 0) is 0 Å². The van der Waals surface area contributed by atoms with Gasteiger partial charge in [0.05, 0.1) is 0 Å². The highest BCUT2D eigenvalue weighted by Gasteiger charge is 2.07. The minimum Gasteiger partial charge on any atom is -0.399 e. The number of nitrogens with one attached hydrogen (secondary N) is 1. The van der Waals surface area contributed by atoms with E-state index in [1.807, 2.05) is 0 Å². The third-order valence-corrected chi connectivity index (χ3v) is 2.20. The molecule has 1 aromatic carbocycles. The highest BCUT2D eigenvalue weighted by atomic mass is 35.5. The Bertz CT molecular complexity index is 559. The molecule has 3 N–H and O–H groups in total. The Morgan fingerprint density at radius 1 is 1.35 bits per heavy atom. The van der Waals surface area contributed by atoms with Crippen LogP contribution in [0.1, 0.15) is 10.4 Å². The fourth-order valence-electron chi connectivity index (χ4n) is 1.27. The number of benzene rings is 1. The van der Waals surface area contributed by atoms with Gasteiger partial charge in [-0.25, -0.2) is 9.97 Å². The lowest BCUT2D eigenvalue weighted by Crippen LogP contribution is -2.13. The Kier molecular flexibility index (Phi) is 3.20. The number of amides is 1. The molecule has 0 fully saturated rings. The maximum atomic E-state index is 11.8. The highest BCUT2D eigenvalue weighted by molar-refractivity contribution is 6.28. The molecule has 1 aromatic heterocycles. The minimum absolute atomic E-state index is 0.0791. The van der Waals surface area contributed by atoms with E-state index in [1.54, 1.807) is 30.3 Å². The summed E-state index contributed by atoms with van der Waals surface area (Å²) >= 11 is 5.61. The second kappa shape index (κ2) is 4.80. The Morgan fingerprint density at radius 3 is 2.88 bits per heavy atom. The number of hydrogen-bond acceptors (Lipinski definition) is 4. The second-order valence-corrected chi connectivity index (χ2v) is 3.63. The van der Waals surface area contributed by atoms with Crippen LogP contribution in [0.4, 0.5) is 11.5 Å². The Morgan fingerprint density at radius 2 is 2.18 bits per heavy atom. The Balaban J connectivity index is 2.17. The minimum atomic E-state index is -0.299. The fourth-order valence-corrected chi connectivity index (χ4v) is 1.42. The van der Waals surface area contributed by atoms with Gasteiger partial charge in [-0.15, -0.1) is 0 Å². The van der Waals surface area contributed by atoms with Crippen molar-refractivity contribution < 1.29 is 4.79 Å². The van der Waals surface area contributed by atoms with Gasteiger partial charge in [0, 0.05) is 17.4 Å². The summed E-state index contributed by atoms with van der Waals surface area (Å²) in [6, 6.07) is 8.21. The van der Waals surface area contributed by atoms with E-state index in [9.17, 15) is 4.79 Å². The summed E-state index contributed by atoms with van der Waals surface area (Å²) in [5, 5.41) is 2.68. The quantitative estimate of drug-likeness (QED) is 0.629. The average molecular weight is 249 g/mol. The highest BCUT2D eigenvalue weighted by Crippen LogP contribution is 2.10. The van der Waals surface area contributed by atoms with Gasteiger partial charge in [-0.2, -0.15) is 0 Å². The van der Waals surface area contributed by atoms with Crippen LogP contribution in [0.25, 0.3) is 0 Å². The van der Waals surface area contributed by atoms with E-state index in [-0.39, 0.29) is 11.2 Å². The molecule has 86 valence electrons. The molecule has 6 heteroatoms. The van der Waals surface area contributed by atoms with Crippen molar-refractivity contribution >= 4 is 29.0 Å². The van der Waals surface area contributed by atoms with Crippen molar-refractivity contribution in [3.05, 3.63) is 47.4 Å². The lowest BCUT2D eigenvalue weighted by Gasteiger charge is -2.04. The van der Waals surface area contributed by atoms with Gasteiger partial charge in [0.1, 0.15) is 5.82 Å². The first-order valence-corrected chi connectivity index (χ1v) is 5.18. The van der Waals surface area contributed by atoms with Crippen molar-refractivity contribution in [2.45, 2.75) is 0 Å². The van der Waals surface area contributed by atoms with Gasteiger partial charge in [0.2, 0.25) is 5.28 Å². The van der Waals surface area contributed by atoms with Gasteiger partial charge in [-0.05, 0) is 35.9 Å². The SMILES string of the molecule is Nc1cccc(C(=O)Nc2ccnc(Cl)n2)c1. The molecule has 0 spiro atoms. The van der Waals surface area contributed by atoms with Crippen molar-refractivity contribution in [1.82, 2.24) is 9.97 Å². The summed E-state index contributed by atoms with van der Waals surface area (Å²) in [6.45, 7) is 0. The molecular weight excluding hydrogens is 240 g/mol. The Hall–Kier alpha value is -2.14. The molecule has 2 rings (SSSR count). The van der Waals surface area contributed by atoms with E-state index in [1.165, 1.54) is 6.20 Å². The molecule has 17 heavy (non-hydrogen) atoms. The molecule has 0 aliphatic rings. The van der Waals surface area contributed by atoms with Crippen LogP contribution in [0, 0.1) is 0 Å². The number of nitrogens with two attached hydrogens (primary N) is 1. The van der Waals surface area contributed by atoms with E-state index in [2.05, 4.69) is 15.3 Å². The lowest BCUT2D eigenvalue weighted by atomic mass is 10.2. The zero-order chi connectivity index (χ0) is 12.3. The number of nitrogen functional groups attached to an aromatic ring is 1. The molecule has 0 saturated heterocycles. The zero-order valence-corrected chi connectivity index (χ0v) is 9.48. The molecule has 1 heterocycles. The number of aromatic nitrogens is 2. The molecule has 0 saturated carbocycles. The van der Waals surface area contributed by atoms with E-state index < -0.39 is 0 Å². The van der Waals surface area contributed by atoms with Gasteiger partial charge in [-0.3, -0.25) is 4.79 Å². The number of carbonyl (C=O) groups is 1. The summed E-state index contributed by atoms with van der Waals surface area (Å²) in [6.07, 6.45) is 1.46. The first-order valence-electron chi connectivity index (χ1n) is 4.80. The molecule has 0 radical (unpaired) electrons. The van der Waals surface area contributed by atoms with Crippen molar-refractivity contribution in [2.75, 3.05) is 11.1 Å². The van der Waals surface area contributed by atoms with Crippen LogP contribution < -0.4 is 11.1 Å². The normalized spacial score (nSPS) is 9.94. The monoisotopic (exact) mass is 248 g/mol. The van der Waals surface area contributed by atoms with Gasteiger partial charge in [0.25, 0.3) is 5.91 Å². The third kappa shape index (κ3) is 2.92. The van der Waals surface area contributed by atoms with Crippen LogP contribution >= 0.6 is 11.6 Å². The third-order valence-electron chi connectivity index (χ3n) is 2.02. The standard InChI is InChI=1S/C11H9ClN4O/c12-11-14-5-4-9(16-11)15-10(17)7-2-1-3-8(13)6-7/h1-6H,13H2,(H,14,15,16,17). The first-order chi connectivity index (χ1) is 8.15. The number of rotatable bonds is 2. The first kappa shape index (κ1) is 11.3. The summed E-state index contributed by atoms with van der Waals surface area (Å²) in [5.74, 6) is 0.0458. The molecule has 0 unspecified atom stereocenters. The second-order valence-electron chi connectivity index (χ2n) is 3.29. The van der Waals surface area contributed by atoms with Crippen LogP contribution in [-0.4, -0.2) is 15.9 Å². The number of halogens is 1. The molecular formula is C11H9ClN4O. The van der Waals surface area contributed by atoms with Gasteiger partial charge >= 0.3 is 0 Å². The molecule has 0 atom stereocenters. The summed E-state index contributed by atoms with van der Waals surface area (Å²) in [4.78, 5) is 19.4. The van der Waals surface area contributed by atoms with Crippen LogP contribution in [0.2, 0.25) is 5.28 Å². The largest absolute Gasteiger partial charge is 0.399 e. The number of hydrogen-bond donors (Lipinski definition) is 2. The van der Waals surface area contributed by atoms with E-state index in [4.69, 9.17) is 17.3 Å². The molecule has 2 aromatic rings. The predicted molar refractivity (Wildman–Crippen MR) is 65.8 cm³/mol. The van der Waals surface area contributed by atoms with E-state index in [0.29, 0.717) is 17.1 Å². The topological polar surface area (TPSA) is 80.9 Å². The zero-order valence-electron chi connectivity index (χ0n) is 8.72. The molecule has 5 nitrogen and oxygen atoms in total. The van der Waals surface area contributed by atoms with Crippen molar-refractivity contribution in [3.8, 4) is 0 Å². The van der Waals surface area contributed by atoms with Crippen molar-refractivity contribution in [1.29, 1.82) is 0 Å². The van der Waals surface area contributed by atoms with E-state index >= 15 is 0 Å². The number of anilines is 2. The van der Waals surface area contributed by atoms with Gasteiger partial charge in [-0.1, -0.05) is 6.07 Å². The van der Waals surface area contributed by atoms with Crippen molar-refractivity contribution in [3.63, 3.8) is 0 Å². The molecule has 0 aliphatic carbocycles. The fraction of sp³-hybridized carbons (Fsp3) is 0. The van der Waals surface area contributed by atoms with E-state index in [0.717, 1.165) is 0 Å². The summed E-state index contributed by atoms with van der Waals surface area (Å²) in [5.41, 5.74) is 6.57. The summed E-state index contributed by atoms with van der Waals surface area (Å²) < 4.78 is 0. The van der Waals surface area contributed by atoms with Crippen molar-refractivity contribution in [2.24, 2.45) is 0 Å². The predicted octanol–water partition coefficient (Wildman–Crippen LogP) is 1.96. The Labute approximate surface area is 103 Å². The maximum Gasteiger partial charge on any atom is 0.256 e. The smallest absolute Gasteiger partial charge is 0.256 e.